The molecule has 17 heavy (non-hydrogen) atoms. The molecule has 0 aliphatic carbocycles. The van der Waals surface area contributed by atoms with Crippen LogP contribution in [0, 0.1) is 0 Å². The van der Waals surface area contributed by atoms with Crippen molar-refractivity contribution in [3.05, 3.63) is 17.7 Å². The van der Waals surface area contributed by atoms with Crippen LogP contribution in [0.25, 0.3) is 0 Å². The van der Waals surface area contributed by atoms with Gasteiger partial charge in [-0.15, -0.1) is 0 Å². The van der Waals surface area contributed by atoms with Crippen LogP contribution in [0.1, 0.15) is 10.4 Å². The van der Waals surface area contributed by atoms with Gasteiger partial charge in [0.2, 0.25) is 6.41 Å². The number of rotatable bonds is 5. The summed E-state index contributed by atoms with van der Waals surface area (Å²) in [7, 11) is 4.13. The Balaban J connectivity index is 3.32. The van der Waals surface area contributed by atoms with E-state index in [4.69, 9.17) is 9.47 Å². The van der Waals surface area contributed by atoms with E-state index in [0.717, 1.165) is 0 Å². The third-order valence-corrected chi connectivity index (χ3v) is 2.14. The van der Waals surface area contributed by atoms with Crippen LogP contribution in [0.4, 0.5) is 5.69 Å². The third-order valence-electron chi connectivity index (χ3n) is 2.14. The number of carbonyl (C=O) groups is 2. The fourth-order valence-electron chi connectivity index (χ4n) is 1.34. The van der Waals surface area contributed by atoms with E-state index in [0.29, 0.717) is 23.6 Å². The largest absolute Gasteiger partial charge is 0.496 e. The third kappa shape index (κ3) is 2.66. The first kappa shape index (κ1) is 12.8. The maximum Gasteiger partial charge on any atom is 0.341 e. The minimum atomic E-state index is -0.557. The zero-order valence-electron chi connectivity index (χ0n) is 9.77. The number of amides is 1. The van der Waals surface area contributed by atoms with Crippen LogP contribution in [0.15, 0.2) is 12.1 Å². The SMILES string of the molecule is COC(=O)c1cc(NC=O)c(OC)cc1OC. The van der Waals surface area contributed by atoms with E-state index in [1.165, 1.54) is 33.5 Å². The standard InChI is InChI=1S/C11H13NO5/c1-15-9-5-10(16-2)8(12-6-13)4-7(9)11(14)17-3/h4-6H,1-3H3,(H,12,13). The molecule has 0 spiro atoms. The van der Waals surface area contributed by atoms with Gasteiger partial charge in [-0.05, 0) is 6.07 Å². The minimum absolute atomic E-state index is 0.208. The van der Waals surface area contributed by atoms with Gasteiger partial charge >= 0.3 is 5.97 Å². The number of ether oxygens (including phenoxy) is 3. The summed E-state index contributed by atoms with van der Waals surface area (Å²) in [6.45, 7) is 0. The molecule has 0 saturated heterocycles. The average Bonchev–Trinajstić information content (AvgIpc) is 2.37. The zero-order valence-corrected chi connectivity index (χ0v) is 9.77. The van der Waals surface area contributed by atoms with Crippen LogP contribution < -0.4 is 14.8 Å². The first-order valence-electron chi connectivity index (χ1n) is 4.72. The minimum Gasteiger partial charge on any atom is -0.496 e. The molecule has 6 nitrogen and oxygen atoms in total. The van der Waals surface area contributed by atoms with Gasteiger partial charge in [0, 0.05) is 6.07 Å². The number of methoxy groups -OCH3 is 3. The molecule has 92 valence electrons. The monoisotopic (exact) mass is 239 g/mol. The molecule has 1 rings (SSSR count). The maximum absolute atomic E-state index is 11.5. The van der Waals surface area contributed by atoms with Gasteiger partial charge in [-0.1, -0.05) is 0 Å². The normalized spacial score (nSPS) is 9.35. The summed E-state index contributed by atoms with van der Waals surface area (Å²) >= 11 is 0. The second-order valence-electron chi connectivity index (χ2n) is 3.01. The average molecular weight is 239 g/mol. The highest BCUT2D eigenvalue weighted by Gasteiger charge is 2.17. The highest BCUT2D eigenvalue weighted by Crippen LogP contribution is 2.32. The molecule has 1 aromatic rings. The highest BCUT2D eigenvalue weighted by molar-refractivity contribution is 5.95. The van der Waals surface area contributed by atoms with Gasteiger partial charge in [0.25, 0.3) is 0 Å². The molecule has 0 fully saturated rings. The van der Waals surface area contributed by atoms with E-state index in [1.54, 1.807) is 0 Å². The molecule has 0 aliphatic rings. The van der Waals surface area contributed by atoms with Crippen LogP contribution in [0.5, 0.6) is 11.5 Å². The van der Waals surface area contributed by atoms with Crippen LogP contribution in [-0.2, 0) is 9.53 Å². The number of nitrogens with one attached hydrogen (secondary N) is 1. The fourth-order valence-corrected chi connectivity index (χ4v) is 1.34. The second-order valence-corrected chi connectivity index (χ2v) is 3.01. The van der Waals surface area contributed by atoms with Gasteiger partial charge in [0.1, 0.15) is 17.1 Å². The molecule has 1 N–H and O–H groups in total. The van der Waals surface area contributed by atoms with Gasteiger partial charge < -0.3 is 19.5 Å². The van der Waals surface area contributed by atoms with E-state index in [1.807, 2.05) is 0 Å². The lowest BCUT2D eigenvalue weighted by molar-refractivity contribution is -0.105. The molecule has 6 heteroatoms. The molecule has 0 unspecified atom stereocenters. The topological polar surface area (TPSA) is 73.9 Å². The Morgan fingerprint density at radius 3 is 2.29 bits per heavy atom. The van der Waals surface area contributed by atoms with Crippen molar-refractivity contribution in [2.45, 2.75) is 0 Å². The van der Waals surface area contributed by atoms with E-state index in [9.17, 15) is 9.59 Å². The lowest BCUT2D eigenvalue weighted by Crippen LogP contribution is -2.07. The van der Waals surface area contributed by atoms with Crippen molar-refractivity contribution in [1.29, 1.82) is 0 Å². The van der Waals surface area contributed by atoms with Crippen molar-refractivity contribution in [2.24, 2.45) is 0 Å². The summed E-state index contributed by atoms with van der Waals surface area (Å²) in [5, 5.41) is 2.43. The molecule has 0 saturated carbocycles. The Morgan fingerprint density at radius 2 is 1.82 bits per heavy atom. The molecule has 1 amide bonds. The van der Waals surface area contributed by atoms with E-state index in [2.05, 4.69) is 10.1 Å². The van der Waals surface area contributed by atoms with Gasteiger partial charge in [-0.2, -0.15) is 0 Å². The van der Waals surface area contributed by atoms with Crippen molar-refractivity contribution < 1.29 is 23.8 Å². The predicted octanol–water partition coefficient (Wildman–Crippen LogP) is 1.06. The molecule has 0 heterocycles. The van der Waals surface area contributed by atoms with Crippen LogP contribution in [0.2, 0.25) is 0 Å². The van der Waals surface area contributed by atoms with E-state index >= 15 is 0 Å². The summed E-state index contributed by atoms with van der Waals surface area (Å²) in [4.78, 5) is 21.9. The van der Waals surface area contributed by atoms with Gasteiger partial charge in [0.05, 0.1) is 27.0 Å². The smallest absolute Gasteiger partial charge is 0.341 e. The maximum atomic E-state index is 11.5. The van der Waals surface area contributed by atoms with Gasteiger partial charge in [-0.3, -0.25) is 4.79 Å². The van der Waals surface area contributed by atoms with Crippen molar-refractivity contribution in [3.8, 4) is 11.5 Å². The molecule has 1 aromatic carbocycles. The van der Waals surface area contributed by atoms with Gasteiger partial charge in [0.15, 0.2) is 0 Å². The Kier molecular flexibility index (Phi) is 4.33. The number of anilines is 1. The first-order valence-corrected chi connectivity index (χ1v) is 4.72. The highest BCUT2D eigenvalue weighted by atomic mass is 16.5. The van der Waals surface area contributed by atoms with E-state index < -0.39 is 5.97 Å². The summed E-state index contributed by atoms with van der Waals surface area (Å²) < 4.78 is 14.7. The molecular formula is C11H13NO5. The second kappa shape index (κ2) is 5.74. The quantitative estimate of drug-likeness (QED) is 0.614. The molecule has 0 aliphatic heterocycles. The van der Waals surface area contributed by atoms with E-state index in [-0.39, 0.29) is 5.56 Å². The van der Waals surface area contributed by atoms with Crippen molar-refractivity contribution in [1.82, 2.24) is 0 Å². The lowest BCUT2D eigenvalue weighted by Gasteiger charge is -2.12. The summed E-state index contributed by atoms with van der Waals surface area (Å²) in [6, 6.07) is 2.93. The summed E-state index contributed by atoms with van der Waals surface area (Å²) in [5.41, 5.74) is 0.573. The Morgan fingerprint density at radius 1 is 1.18 bits per heavy atom. The van der Waals surface area contributed by atoms with Crippen molar-refractivity contribution >= 4 is 18.1 Å². The fraction of sp³-hybridized carbons (Fsp3) is 0.273. The zero-order chi connectivity index (χ0) is 12.8. The Labute approximate surface area is 98.5 Å². The van der Waals surface area contributed by atoms with Crippen LogP contribution >= 0.6 is 0 Å². The number of hydrogen-bond acceptors (Lipinski definition) is 5. The van der Waals surface area contributed by atoms with Crippen LogP contribution in [0.3, 0.4) is 0 Å². The molecule has 0 radical (unpaired) electrons. The lowest BCUT2D eigenvalue weighted by atomic mass is 10.1. The number of hydrogen-bond donors (Lipinski definition) is 1. The summed E-state index contributed by atoms with van der Waals surface area (Å²) in [5.74, 6) is 0.144. The number of esters is 1. The summed E-state index contributed by atoms with van der Waals surface area (Å²) in [6.07, 6.45) is 0.491. The number of carbonyl (C=O) groups excluding carboxylic acids is 2. The molecular weight excluding hydrogens is 226 g/mol. The van der Waals surface area contributed by atoms with Crippen molar-refractivity contribution in [3.63, 3.8) is 0 Å². The Bertz CT molecular complexity index is 430. The molecule has 0 aromatic heterocycles. The Hall–Kier alpha value is -2.24. The number of benzene rings is 1. The molecule has 0 bridgehead atoms. The predicted molar refractivity (Wildman–Crippen MR) is 60.6 cm³/mol. The van der Waals surface area contributed by atoms with Gasteiger partial charge in [-0.25, -0.2) is 4.79 Å². The first-order chi connectivity index (χ1) is 8.17. The van der Waals surface area contributed by atoms with Crippen molar-refractivity contribution in [2.75, 3.05) is 26.6 Å². The molecule has 0 atom stereocenters. The van der Waals surface area contributed by atoms with Crippen LogP contribution in [-0.4, -0.2) is 33.7 Å².